The van der Waals surface area contributed by atoms with Gasteiger partial charge in [-0.1, -0.05) is 0 Å². The highest BCUT2D eigenvalue weighted by Gasteiger charge is 2.33. The Morgan fingerprint density at radius 1 is 1.45 bits per heavy atom. The molecule has 0 saturated carbocycles. The van der Waals surface area contributed by atoms with Crippen LogP contribution in [0.3, 0.4) is 0 Å². The summed E-state index contributed by atoms with van der Waals surface area (Å²) in [6.45, 7) is 1.03. The molecule has 1 aromatic heterocycles. The third kappa shape index (κ3) is 3.89. The highest BCUT2D eigenvalue weighted by atomic mass is 35.7. The molecule has 0 unspecified atom stereocenters. The van der Waals surface area contributed by atoms with Gasteiger partial charge in [-0.15, -0.1) is 0 Å². The SMILES string of the molecule is CCOC(=O)c1cc(S(=O)(=O)Cl)c(C)n1CC(F)(F)F. The number of alkyl halides is 3. The summed E-state index contributed by atoms with van der Waals surface area (Å²) in [5, 5.41) is 0. The first kappa shape index (κ1) is 16.8. The van der Waals surface area contributed by atoms with Gasteiger partial charge in [0.1, 0.15) is 17.1 Å². The number of hydrogen-bond acceptors (Lipinski definition) is 4. The van der Waals surface area contributed by atoms with Crippen LogP contribution in [0.5, 0.6) is 0 Å². The number of carbonyl (C=O) groups excluding carboxylic acids is 1. The lowest BCUT2D eigenvalue weighted by molar-refractivity contribution is -0.141. The molecule has 1 rings (SSSR count). The summed E-state index contributed by atoms with van der Waals surface area (Å²) in [6, 6.07) is 0.779. The first-order valence-corrected chi connectivity index (χ1v) is 7.67. The largest absolute Gasteiger partial charge is 0.461 e. The number of rotatable bonds is 4. The normalized spacial score (nSPS) is 12.5. The molecule has 0 spiro atoms. The first-order chi connectivity index (χ1) is 8.97. The van der Waals surface area contributed by atoms with Crippen LogP contribution < -0.4 is 0 Å². The zero-order valence-electron chi connectivity index (χ0n) is 10.5. The molecule has 0 aromatic carbocycles. The van der Waals surface area contributed by atoms with Crippen LogP contribution in [0.15, 0.2) is 11.0 Å². The van der Waals surface area contributed by atoms with Crippen molar-refractivity contribution in [2.75, 3.05) is 6.61 Å². The fourth-order valence-electron chi connectivity index (χ4n) is 1.62. The second kappa shape index (κ2) is 5.65. The van der Waals surface area contributed by atoms with E-state index in [4.69, 9.17) is 10.7 Å². The zero-order valence-corrected chi connectivity index (χ0v) is 12.1. The summed E-state index contributed by atoms with van der Waals surface area (Å²) in [5.74, 6) is -1.05. The van der Waals surface area contributed by atoms with Gasteiger partial charge in [0.2, 0.25) is 0 Å². The van der Waals surface area contributed by atoms with Crippen molar-refractivity contribution in [2.45, 2.75) is 31.5 Å². The number of ether oxygens (including phenoxy) is 1. The molecule has 0 atom stereocenters. The van der Waals surface area contributed by atoms with Gasteiger partial charge < -0.3 is 9.30 Å². The number of halogens is 4. The molecule has 1 aromatic rings. The Morgan fingerprint density at radius 2 is 2.00 bits per heavy atom. The van der Waals surface area contributed by atoms with E-state index in [1.54, 1.807) is 0 Å². The third-order valence-corrected chi connectivity index (χ3v) is 3.84. The number of nitrogens with zero attached hydrogens (tertiary/aromatic N) is 1. The molecule has 0 saturated heterocycles. The maximum absolute atomic E-state index is 12.5. The molecule has 0 aliphatic carbocycles. The molecule has 0 bridgehead atoms. The fraction of sp³-hybridized carbons (Fsp3) is 0.500. The van der Waals surface area contributed by atoms with Crippen molar-refractivity contribution < 1.29 is 31.1 Å². The van der Waals surface area contributed by atoms with E-state index in [1.165, 1.54) is 6.92 Å². The van der Waals surface area contributed by atoms with Gasteiger partial charge in [-0.2, -0.15) is 13.2 Å². The van der Waals surface area contributed by atoms with Crippen LogP contribution in [0.25, 0.3) is 0 Å². The summed E-state index contributed by atoms with van der Waals surface area (Å²) in [6.07, 6.45) is -4.63. The zero-order chi connectivity index (χ0) is 15.7. The van der Waals surface area contributed by atoms with Gasteiger partial charge in [-0.05, 0) is 19.9 Å². The van der Waals surface area contributed by atoms with Crippen molar-refractivity contribution >= 4 is 25.7 Å². The molecule has 1 heterocycles. The minimum atomic E-state index is -4.63. The van der Waals surface area contributed by atoms with Crippen molar-refractivity contribution in [1.82, 2.24) is 4.57 Å². The fourth-order valence-corrected chi connectivity index (χ4v) is 2.81. The van der Waals surface area contributed by atoms with Crippen LogP contribution in [-0.2, 0) is 20.3 Å². The molecule has 0 aliphatic heterocycles. The summed E-state index contributed by atoms with van der Waals surface area (Å²) >= 11 is 0. The molecular formula is C10H11ClF3NO4S. The monoisotopic (exact) mass is 333 g/mol. The Hall–Kier alpha value is -1.22. The minimum Gasteiger partial charge on any atom is -0.461 e. The van der Waals surface area contributed by atoms with E-state index in [-0.39, 0.29) is 12.3 Å². The van der Waals surface area contributed by atoms with Crippen LogP contribution in [0, 0.1) is 6.92 Å². The predicted molar refractivity (Wildman–Crippen MR) is 64.2 cm³/mol. The lowest BCUT2D eigenvalue weighted by atomic mass is 10.4. The standard InChI is InChI=1S/C10H11ClF3NO4S/c1-3-19-9(16)7-4-8(20(11,17)18)6(2)15(7)5-10(12,13)14/h4H,3,5H2,1-2H3. The van der Waals surface area contributed by atoms with E-state index >= 15 is 0 Å². The molecule has 20 heavy (non-hydrogen) atoms. The molecule has 0 fully saturated rings. The smallest absolute Gasteiger partial charge is 0.406 e. The molecule has 0 amide bonds. The second-order valence-electron chi connectivity index (χ2n) is 3.84. The molecule has 114 valence electrons. The topological polar surface area (TPSA) is 65.4 Å². The highest BCUT2D eigenvalue weighted by molar-refractivity contribution is 8.13. The number of hydrogen-bond donors (Lipinski definition) is 0. The maximum Gasteiger partial charge on any atom is 0.406 e. The van der Waals surface area contributed by atoms with Crippen molar-refractivity contribution in [3.63, 3.8) is 0 Å². The molecular weight excluding hydrogens is 323 g/mol. The molecule has 0 aliphatic rings. The number of aromatic nitrogens is 1. The Bertz CT molecular complexity index is 621. The molecule has 0 N–H and O–H groups in total. The van der Waals surface area contributed by atoms with Crippen LogP contribution in [-0.4, -0.2) is 31.7 Å². The Balaban J connectivity index is 3.45. The second-order valence-corrected chi connectivity index (χ2v) is 6.37. The van der Waals surface area contributed by atoms with Gasteiger partial charge >= 0.3 is 12.1 Å². The van der Waals surface area contributed by atoms with Crippen LogP contribution in [0.4, 0.5) is 13.2 Å². The van der Waals surface area contributed by atoms with E-state index in [2.05, 4.69) is 4.74 Å². The van der Waals surface area contributed by atoms with Gasteiger partial charge in [-0.3, -0.25) is 0 Å². The van der Waals surface area contributed by atoms with E-state index < -0.39 is 38.3 Å². The number of carbonyl (C=O) groups is 1. The van der Waals surface area contributed by atoms with Gasteiger partial charge in [-0.25, -0.2) is 13.2 Å². The summed E-state index contributed by atoms with van der Waals surface area (Å²) in [5.41, 5.74) is -0.790. The average Bonchev–Trinajstić information content (AvgIpc) is 2.54. The van der Waals surface area contributed by atoms with Crippen LogP contribution in [0.2, 0.25) is 0 Å². The summed E-state index contributed by atoms with van der Waals surface area (Å²) in [4.78, 5) is 11.0. The first-order valence-electron chi connectivity index (χ1n) is 5.36. The number of esters is 1. The Kier molecular flexibility index (Phi) is 4.75. The highest BCUT2D eigenvalue weighted by Crippen LogP contribution is 2.28. The lowest BCUT2D eigenvalue weighted by Crippen LogP contribution is -2.22. The maximum atomic E-state index is 12.5. The molecule has 0 radical (unpaired) electrons. The lowest BCUT2D eigenvalue weighted by Gasteiger charge is -2.13. The van der Waals surface area contributed by atoms with Crippen LogP contribution >= 0.6 is 10.7 Å². The van der Waals surface area contributed by atoms with Crippen molar-refractivity contribution in [3.05, 3.63) is 17.5 Å². The quantitative estimate of drug-likeness (QED) is 0.627. The van der Waals surface area contributed by atoms with Crippen LogP contribution in [0.1, 0.15) is 23.1 Å². The van der Waals surface area contributed by atoms with E-state index in [9.17, 15) is 26.4 Å². The van der Waals surface area contributed by atoms with Gasteiger partial charge in [0.15, 0.2) is 0 Å². The molecule has 10 heteroatoms. The molecule has 5 nitrogen and oxygen atoms in total. The van der Waals surface area contributed by atoms with Crippen molar-refractivity contribution in [2.24, 2.45) is 0 Å². The van der Waals surface area contributed by atoms with Gasteiger partial charge in [0.25, 0.3) is 9.05 Å². The minimum absolute atomic E-state index is 0.0575. The predicted octanol–water partition coefficient (Wildman–Crippen LogP) is 2.46. The Morgan fingerprint density at radius 3 is 2.40 bits per heavy atom. The average molecular weight is 334 g/mol. The van der Waals surface area contributed by atoms with Crippen molar-refractivity contribution in [3.8, 4) is 0 Å². The van der Waals surface area contributed by atoms with Gasteiger partial charge in [0, 0.05) is 16.4 Å². The van der Waals surface area contributed by atoms with E-state index in [1.807, 2.05) is 0 Å². The Labute approximate surface area is 117 Å². The summed E-state index contributed by atoms with van der Waals surface area (Å²) < 4.78 is 65.2. The van der Waals surface area contributed by atoms with Gasteiger partial charge in [0.05, 0.1) is 6.61 Å². The summed E-state index contributed by atoms with van der Waals surface area (Å²) in [7, 11) is 0.865. The van der Waals surface area contributed by atoms with Crippen molar-refractivity contribution in [1.29, 1.82) is 0 Å². The van der Waals surface area contributed by atoms with E-state index in [0.717, 1.165) is 13.0 Å². The third-order valence-electron chi connectivity index (χ3n) is 2.40. The van der Waals surface area contributed by atoms with E-state index in [0.29, 0.717) is 4.57 Å².